The highest BCUT2D eigenvalue weighted by molar-refractivity contribution is 5.67. The number of benzene rings is 1. The molecule has 4 aromatic rings. The van der Waals surface area contributed by atoms with Crippen LogP contribution < -0.4 is 5.73 Å². The van der Waals surface area contributed by atoms with Crippen LogP contribution in [0.2, 0.25) is 0 Å². The van der Waals surface area contributed by atoms with E-state index < -0.39 is 0 Å². The van der Waals surface area contributed by atoms with Gasteiger partial charge in [-0.1, -0.05) is 35.0 Å². The summed E-state index contributed by atoms with van der Waals surface area (Å²) in [5.74, 6) is 0.845. The molecule has 0 unspecified atom stereocenters. The van der Waals surface area contributed by atoms with E-state index in [0.717, 1.165) is 22.5 Å². The van der Waals surface area contributed by atoms with Gasteiger partial charge in [-0.05, 0) is 44.0 Å². The molecule has 5 rings (SSSR count). The molecule has 1 fully saturated rings. The van der Waals surface area contributed by atoms with Crippen LogP contribution in [0.3, 0.4) is 0 Å². The monoisotopic (exact) mass is 383 g/mol. The number of hydrogen-bond donors (Lipinski definition) is 1. The van der Waals surface area contributed by atoms with Crippen molar-refractivity contribution in [1.29, 1.82) is 0 Å². The Bertz CT molecular complexity index is 1180. The van der Waals surface area contributed by atoms with Gasteiger partial charge in [0.05, 0.1) is 29.8 Å². The van der Waals surface area contributed by atoms with E-state index in [9.17, 15) is 0 Å². The number of aryl methyl sites for hydroxylation is 1. The molecule has 1 aliphatic carbocycles. The molecule has 1 aromatic carbocycles. The zero-order valence-electron chi connectivity index (χ0n) is 16.2. The molecular weight excluding hydrogens is 362 g/mol. The van der Waals surface area contributed by atoms with E-state index in [1.807, 2.05) is 43.5 Å². The van der Waals surface area contributed by atoms with Gasteiger partial charge in [-0.2, -0.15) is 0 Å². The number of anilines is 1. The van der Waals surface area contributed by atoms with Gasteiger partial charge in [0.1, 0.15) is 5.69 Å². The van der Waals surface area contributed by atoms with Gasteiger partial charge >= 0.3 is 0 Å². The largest absolute Gasteiger partial charge is 0.368 e. The number of hydrogen-bond acceptors (Lipinski definition) is 6. The maximum absolute atomic E-state index is 5.97. The normalized spacial score (nSPS) is 13.6. The third-order valence-electron chi connectivity index (χ3n) is 5.01. The zero-order chi connectivity index (χ0) is 19.8. The summed E-state index contributed by atoms with van der Waals surface area (Å²) < 4.78 is 1.78. The van der Waals surface area contributed by atoms with Gasteiger partial charge in [0.15, 0.2) is 0 Å². The van der Waals surface area contributed by atoms with Crippen LogP contribution in [0.25, 0.3) is 22.6 Å². The maximum atomic E-state index is 5.97. The van der Waals surface area contributed by atoms with Gasteiger partial charge in [-0.25, -0.2) is 14.6 Å². The van der Waals surface area contributed by atoms with Crippen molar-refractivity contribution in [3.8, 4) is 22.6 Å². The minimum atomic E-state index is 0.215. The summed E-state index contributed by atoms with van der Waals surface area (Å²) in [6, 6.07) is 16.2. The summed E-state index contributed by atoms with van der Waals surface area (Å²) in [7, 11) is 0. The maximum Gasteiger partial charge on any atom is 0.221 e. The summed E-state index contributed by atoms with van der Waals surface area (Å²) in [5, 5.41) is 8.53. The Morgan fingerprint density at radius 3 is 2.62 bits per heavy atom. The molecule has 7 heteroatoms. The topological polar surface area (TPSA) is 95.4 Å². The zero-order valence-corrected chi connectivity index (χ0v) is 16.2. The Labute approximate surface area is 168 Å². The Kier molecular flexibility index (Phi) is 4.27. The fourth-order valence-electron chi connectivity index (χ4n) is 3.40. The Balaban J connectivity index is 1.42. The molecule has 7 nitrogen and oxygen atoms in total. The van der Waals surface area contributed by atoms with Crippen molar-refractivity contribution in [2.24, 2.45) is 0 Å². The molecule has 1 saturated carbocycles. The van der Waals surface area contributed by atoms with Crippen molar-refractivity contribution in [1.82, 2.24) is 29.9 Å². The van der Waals surface area contributed by atoms with Crippen LogP contribution in [0.4, 0.5) is 5.95 Å². The lowest BCUT2D eigenvalue weighted by Gasteiger charge is -2.05. The Morgan fingerprint density at radius 1 is 0.966 bits per heavy atom. The second-order valence-corrected chi connectivity index (χ2v) is 7.50. The van der Waals surface area contributed by atoms with Crippen molar-refractivity contribution in [2.75, 3.05) is 5.73 Å². The summed E-state index contributed by atoms with van der Waals surface area (Å²) in [4.78, 5) is 13.5. The van der Waals surface area contributed by atoms with Crippen LogP contribution in [0.5, 0.6) is 0 Å². The standard InChI is InChI=1S/C22H21N7/c1-14-4-2-5-16(10-14)19-11-20(26-22(23)25-19)21-13-29(28-27-21)12-17-6-3-7-18(24-17)15-8-9-15/h2-7,10-11,13,15H,8-9,12H2,1H3,(H2,23,25,26). The molecular formula is C22H21N7. The van der Waals surface area contributed by atoms with Crippen LogP contribution >= 0.6 is 0 Å². The number of nitrogen functional groups attached to an aromatic ring is 1. The molecule has 0 aliphatic heterocycles. The lowest BCUT2D eigenvalue weighted by atomic mass is 10.1. The predicted molar refractivity (Wildman–Crippen MR) is 111 cm³/mol. The van der Waals surface area contributed by atoms with Crippen LogP contribution in [0.15, 0.2) is 54.7 Å². The molecule has 0 radical (unpaired) electrons. The lowest BCUT2D eigenvalue weighted by molar-refractivity contribution is 0.636. The highest BCUT2D eigenvalue weighted by Crippen LogP contribution is 2.38. The van der Waals surface area contributed by atoms with E-state index in [1.54, 1.807) is 4.68 Å². The number of nitrogens with zero attached hydrogens (tertiary/aromatic N) is 6. The summed E-state index contributed by atoms with van der Waals surface area (Å²) >= 11 is 0. The minimum Gasteiger partial charge on any atom is -0.368 e. The number of rotatable bonds is 5. The minimum absolute atomic E-state index is 0.215. The third-order valence-corrected chi connectivity index (χ3v) is 5.01. The fourth-order valence-corrected chi connectivity index (χ4v) is 3.40. The molecule has 0 spiro atoms. The smallest absolute Gasteiger partial charge is 0.221 e. The van der Waals surface area contributed by atoms with Crippen LogP contribution in [-0.4, -0.2) is 29.9 Å². The van der Waals surface area contributed by atoms with Gasteiger partial charge in [0, 0.05) is 17.2 Å². The van der Waals surface area contributed by atoms with E-state index >= 15 is 0 Å². The average Bonchev–Trinajstić information content (AvgIpc) is 3.47. The van der Waals surface area contributed by atoms with Crippen molar-refractivity contribution in [3.05, 3.63) is 71.7 Å². The Morgan fingerprint density at radius 2 is 1.79 bits per heavy atom. The van der Waals surface area contributed by atoms with E-state index in [0.29, 0.717) is 23.9 Å². The lowest BCUT2D eigenvalue weighted by Crippen LogP contribution is -2.03. The van der Waals surface area contributed by atoms with Gasteiger partial charge in [0.2, 0.25) is 5.95 Å². The number of aromatic nitrogens is 6. The molecule has 2 N–H and O–H groups in total. The molecule has 29 heavy (non-hydrogen) atoms. The predicted octanol–water partition coefficient (Wildman–Crippen LogP) is 3.61. The quantitative estimate of drug-likeness (QED) is 0.566. The van der Waals surface area contributed by atoms with Crippen LogP contribution in [-0.2, 0) is 6.54 Å². The fraction of sp³-hybridized carbons (Fsp3) is 0.227. The molecule has 0 saturated heterocycles. The second kappa shape index (κ2) is 7.09. The molecule has 3 aromatic heterocycles. The molecule has 0 bridgehead atoms. The first-order valence-electron chi connectivity index (χ1n) is 9.72. The molecule has 3 heterocycles. The average molecular weight is 383 g/mol. The number of pyridine rings is 1. The molecule has 0 atom stereocenters. The van der Waals surface area contributed by atoms with E-state index in [1.165, 1.54) is 18.5 Å². The van der Waals surface area contributed by atoms with Crippen molar-refractivity contribution < 1.29 is 0 Å². The first kappa shape index (κ1) is 17.5. The van der Waals surface area contributed by atoms with Crippen LogP contribution in [0.1, 0.15) is 35.7 Å². The highest BCUT2D eigenvalue weighted by Gasteiger charge is 2.24. The van der Waals surface area contributed by atoms with Gasteiger partial charge < -0.3 is 5.73 Å². The highest BCUT2D eigenvalue weighted by atomic mass is 15.4. The first-order valence-corrected chi connectivity index (χ1v) is 9.72. The number of nitrogens with two attached hydrogens (primary N) is 1. The van der Waals surface area contributed by atoms with Crippen molar-refractivity contribution in [3.63, 3.8) is 0 Å². The molecule has 1 aliphatic rings. The first-order chi connectivity index (χ1) is 14.1. The summed E-state index contributed by atoms with van der Waals surface area (Å²) in [6.45, 7) is 2.62. The van der Waals surface area contributed by atoms with Crippen molar-refractivity contribution >= 4 is 5.95 Å². The van der Waals surface area contributed by atoms with Gasteiger partial charge in [-0.3, -0.25) is 4.98 Å². The Hall–Kier alpha value is -3.61. The molecule has 144 valence electrons. The SMILES string of the molecule is Cc1cccc(-c2cc(-c3cn(Cc4cccc(C5CC5)n4)nn3)nc(N)n2)c1. The van der Waals surface area contributed by atoms with Gasteiger partial charge in [0.25, 0.3) is 0 Å². The second-order valence-electron chi connectivity index (χ2n) is 7.50. The van der Waals surface area contributed by atoms with Gasteiger partial charge in [-0.15, -0.1) is 5.10 Å². The summed E-state index contributed by atoms with van der Waals surface area (Å²) in [6.07, 6.45) is 4.35. The molecule has 0 amide bonds. The summed E-state index contributed by atoms with van der Waals surface area (Å²) in [5.41, 5.74) is 12.4. The van der Waals surface area contributed by atoms with E-state index in [4.69, 9.17) is 10.7 Å². The van der Waals surface area contributed by atoms with Crippen molar-refractivity contribution in [2.45, 2.75) is 32.2 Å². The van der Waals surface area contributed by atoms with E-state index in [2.05, 4.69) is 38.5 Å². The van der Waals surface area contributed by atoms with Crippen LogP contribution in [0, 0.1) is 6.92 Å². The third kappa shape index (κ3) is 3.85. The van der Waals surface area contributed by atoms with E-state index in [-0.39, 0.29) is 5.95 Å².